The fraction of sp³-hybridized carbons (Fsp3) is 0.276. The molecular weight excluding hydrogens is 436 g/mol. The number of nitrogens with zero attached hydrogens (tertiary/aromatic N) is 2. The number of likely N-dealkylation sites (tertiary alicyclic amines) is 1. The standard InChI is InChI=1S/C29H32N4O2/c1-19(2)6-5-7-20(3)26-18-24-12-15-30-29(35)27(24)28(32-26)31-25-10-8-22(9-11-25)23-13-16-33(17-14-23)21(4)34/h5-12,15,18,23H,1,13-14,16-17H2,2-4H3,(H,30,35)(H,31,32)/b6-5-,20-7+. The van der Waals surface area contributed by atoms with Gasteiger partial charge < -0.3 is 15.2 Å². The Morgan fingerprint density at radius 2 is 1.86 bits per heavy atom. The topological polar surface area (TPSA) is 78.1 Å². The highest BCUT2D eigenvalue weighted by Gasteiger charge is 2.22. The summed E-state index contributed by atoms with van der Waals surface area (Å²) >= 11 is 0. The Labute approximate surface area is 206 Å². The smallest absolute Gasteiger partial charge is 0.259 e. The van der Waals surface area contributed by atoms with E-state index >= 15 is 0 Å². The molecule has 4 rings (SSSR count). The van der Waals surface area contributed by atoms with E-state index in [1.165, 1.54) is 5.56 Å². The van der Waals surface area contributed by atoms with Gasteiger partial charge in [-0.1, -0.05) is 42.5 Å². The van der Waals surface area contributed by atoms with Gasteiger partial charge in [0.1, 0.15) is 5.82 Å². The molecule has 1 aliphatic heterocycles. The van der Waals surface area contributed by atoms with Crippen LogP contribution in [0.5, 0.6) is 0 Å². The van der Waals surface area contributed by atoms with E-state index in [9.17, 15) is 9.59 Å². The molecule has 6 heteroatoms. The number of aromatic amines is 1. The van der Waals surface area contributed by atoms with Crippen LogP contribution in [0.25, 0.3) is 16.3 Å². The van der Waals surface area contributed by atoms with Gasteiger partial charge in [-0.25, -0.2) is 4.98 Å². The summed E-state index contributed by atoms with van der Waals surface area (Å²) in [7, 11) is 0. The first kappa shape index (κ1) is 24.2. The molecule has 2 N–H and O–H groups in total. The lowest BCUT2D eigenvalue weighted by molar-refractivity contribution is -0.129. The molecule has 0 aliphatic carbocycles. The number of amides is 1. The van der Waals surface area contributed by atoms with E-state index in [0.717, 1.165) is 53.8 Å². The van der Waals surface area contributed by atoms with Crippen molar-refractivity contribution in [1.82, 2.24) is 14.9 Å². The number of rotatable bonds is 6. The quantitative estimate of drug-likeness (QED) is 0.440. The Hall–Kier alpha value is -3.93. The van der Waals surface area contributed by atoms with Crippen molar-refractivity contribution in [2.45, 2.75) is 39.5 Å². The minimum Gasteiger partial charge on any atom is -0.343 e. The number of benzene rings is 1. The second kappa shape index (κ2) is 10.6. The summed E-state index contributed by atoms with van der Waals surface area (Å²) in [5, 5.41) is 4.72. The normalized spacial score (nSPS) is 15.1. The molecule has 1 saturated heterocycles. The lowest BCUT2D eigenvalue weighted by Crippen LogP contribution is -2.36. The van der Waals surface area contributed by atoms with Crippen LogP contribution in [0.2, 0.25) is 0 Å². The summed E-state index contributed by atoms with van der Waals surface area (Å²) in [6.07, 6.45) is 9.49. The van der Waals surface area contributed by atoms with E-state index in [-0.39, 0.29) is 11.5 Å². The molecule has 1 aromatic carbocycles. The van der Waals surface area contributed by atoms with Gasteiger partial charge in [0.2, 0.25) is 5.91 Å². The number of fused-ring (bicyclic) bond motifs is 1. The molecule has 0 bridgehead atoms. The van der Waals surface area contributed by atoms with Crippen molar-refractivity contribution in [3.05, 3.63) is 94.6 Å². The fourth-order valence-corrected chi connectivity index (χ4v) is 4.45. The number of anilines is 2. The van der Waals surface area contributed by atoms with Gasteiger partial charge in [0.05, 0.1) is 11.1 Å². The summed E-state index contributed by atoms with van der Waals surface area (Å²) in [4.78, 5) is 33.7. The van der Waals surface area contributed by atoms with Crippen molar-refractivity contribution in [3.63, 3.8) is 0 Å². The van der Waals surface area contributed by atoms with Crippen LogP contribution < -0.4 is 10.9 Å². The molecule has 0 unspecified atom stereocenters. The van der Waals surface area contributed by atoms with Gasteiger partial charge in [0.15, 0.2) is 0 Å². The second-order valence-corrected chi connectivity index (χ2v) is 9.21. The first-order chi connectivity index (χ1) is 16.8. The van der Waals surface area contributed by atoms with Gasteiger partial charge >= 0.3 is 0 Å². The molecule has 3 heterocycles. The lowest BCUT2D eigenvalue weighted by atomic mass is 9.89. The maximum atomic E-state index is 12.7. The molecule has 6 nitrogen and oxygen atoms in total. The highest BCUT2D eigenvalue weighted by Crippen LogP contribution is 2.30. The zero-order valence-corrected chi connectivity index (χ0v) is 20.6. The summed E-state index contributed by atoms with van der Waals surface area (Å²) in [6.45, 7) is 11.1. The van der Waals surface area contributed by atoms with Gasteiger partial charge in [-0.05, 0) is 73.4 Å². The second-order valence-electron chi connectivity index (χ2n) is 9.21. The Kier molecular flexibility index (Phi) is 7.30. The average Bonchev–Trinajstić information content (AvgIpc) is 2.84. The molecule has 1 amide bonds. The van der Waals surface area contributed by atoms with Crippen LogP contribution in [0.1, 0.15) is 50.8 Å². The molecule has 0 saturated carbocycles. The number of allylic oxidation sites excluding steroid dienone is 5. The largest absolute Gasteiger partial charge is 0.343 e. The van der Waals surface area contributed by atoms with Crippen molar-refractivity contribution >= 4 is 33.8 Å². The van der Waals surface area contributed by atoms with Gasteiger partial charge in [-0.15, -0.1) is 0 Å². The fourth-order valence-electron chi connectivity index (χ4n) is 4.45. The van der Waals surface area contributed by atoms with Crippen LogP contribution in [0.3, 0.4) is 0 Å². The van der Waals surface area contributed by atoms with Crippen LogP contribution in [0.4, 0.5) is 11.5 Å². The summed E-state index contributed by atoms with van der Waals surface area (Å²) < 4.78 is 0. The Morgan fingerprint density at radius 1 is 1.14 bits per heavy atom. The highest BCUT2D eigenvalue weighted by atomic mass is 16.2. The number of carbonyl (C=O) groups is 1. The van der Waals surface area contributed by atoms with Crippen LogP contribution in [0, 0.1) is 0 Å². The molecule has 1 fully saturated rings. The molecule has 180 valence electrons. The molecule has 3 aromatic rings. The van der Waals surface area contributed by atoms with Crippen LogP contribution in [-0.4, -0.2) is 33.9 Å². The molecule has 0 spiro atoms. The number of nitrogens with one attached hydrogen (secondary N) is 2. The Morgan fingerprint density at radius 3 is 2.51 bits per heavy atom. The molecular formula is C29H32N4O2. The number of pyridine rings is 2. The van der Waals surface area contributed by atoms with Gasteiger partial charge in [-0.2, -0.15) is 0 Å². The highest BCUT2D eigenvalue weighted by molar-refractivity contribution is 5.94. The average molecular weight is 469 g/mol. The minimum absolute atomic E-state index is 0.150. The van der Waals surface area contributed by atoms with Gasteiger partial charge in [0.25, 0.3) is 5.56 Å². The molecule has 1 aliphatic rings. The Bertz CT molecular complexity index is 1360. The molecule has 35 heavy (non-hydrogen) atoms. The number of hydrogen-bond acceptors (Lipinski definition) is 4. The number of H-pyrrole nitrogens is 1. The van der Waals surface area contributed by atoms with E-state index < -0.39 is 0 Å². The predicted octanol–water partition coefficient (Wildman–Crippen LogP) is 5.93. The summed E-state index contributed by atoms with van der Waals surface area (Å²) in [5.74, 6) is 1.13. The molecule has 0 radical (unpaired) electrons. The third-order valence-corrected chi connectivity index (χ3v) is 6.47. The summed E-state index contributed by atoms with van der Waals surface area (Å²) in [5.41, 5.74) is 4.72. The minimum atomic E-state index is -0.179. The van der Waals surface area contributed by atoms with E-state index in [1.54, 1.807) is 13.1 Å². The van der Waals surface area contributed by atoms with Crippen molar-refractivity contribution in [3.8, 4) is 0 Å². The van der Waals surface area contributed by atoms with E-state index in [4.69, 9.17) is 4.98 Å². The van der Waals surface area contributed by atoms with E-state index in [0.29, 0.717) is 17.1 Å². The molecule has 2 aromatic heterocycles. The zero-order valence-electron chi connectivity index (χ0n) is 20.6. The molecule has 0 atom stereocenters. The zero-order chi connectivity index (χ0) is 24.9. The number of hydrogen-bond donors (Lipinski definition) is 2. The monoisotopic (exact) mass is 468 g/mol. The van der Waals surface area contributed by atoms with Crippen molar-refractivity contribution < 1.29 is 4.79 Å². The number of piperidine rings is 1. The first-order valence-electron chi connectivity index (χ1n) is 12.0. The van der Waals surface area contributed by atoms with Gasteiger partial charge in [0, 0.05) is 31.9 Å². The van der Waals surface area contributed by atoms with Crippen molar-refractivity contribution in [2.24, 2.45) is 0 Å². The van der Waals surface area contributed by atoms with Crippen LogP contribution >= 0.6 is 0 Å². The SMILES string of the molecule is C=C(C)/C=C\C=C(/C)c1cc2cc[nH]c(=O)c2c(Nc2ccc(C3CCN(C(C)=O)CC3)cc2)n1. The van der Waals surface area contributed by atoms with Crippen molar-refractivity contribution in [2.75, 3.05) is 18.4 Å². The third-order valence-electron chi connectivity index (χ3n) is 6.47. The first-order valence-corrected chi connectivity index (χ1v) is 12.0. The maximum absolute atomic E-state index is 12.7. The van der Waals surface area contributed by atoms with Crippen LogP contribution in [0.15, 0.2) is 77.8 Å². The van der Waals surface area contributed by atoms with E-state index in [1.807, 2.05) is 61.2 Å². The Balaban J connectivity index is 1.60. The van der Waals surface area contributed by atoms with Gasteiger partial charge in [-0.3, -0.25) is 9.59 Å². The van der Waals surface area contributed by atoms with Crippen LogP contribution in [-0.2, 0) is 4.79 Å². The van der Waals surface area contributed by atoms with E-state index in [2.05, 4.69) is 29.0 Å². The maximum Gasteiger partial charge on any atom is 0.259 e. The predicted molar refractivity (Wildman–Crippen MR) is 144 cm³/mol. The van der Waals surface area contributed by atoms with Crippen molar-refractivity contribution in [1.29, 1.82) is 0 Å². The number of carbonyl (C=O) groups excluding carboxylic acids is 1. The third kappa shape index (κ3) is 5.77. The summed E-state index contributed by atoms with van der Waals surface area (Å²) in [6, 6.07) is 12.1. The number of aromatic nitrogens is 2. The lowest BCUT2D eigenvalue weighted by Gasteiger charge is -2.31.